The number of nitro benzene ring substituents is 1. The monoisotopic (exact) mass is 298 g/mol. The molecule has 0 aromatic heterocycles. The van der Waals surface area contributed by atoms with Gasteiger partial charge in [-0.05, 0) is 18.4 Å². The molecule has 1 fully saturated rings. The van der Waals surface area contributed by atoms with Gasteiger partial charge in [0.2, 0.25) is 10.0 Å². The Morgan fingerprint density at radius 2 is 1.95 bits per heavy atom. The second-order valence-corrected chi connectivity index (χ2v) is 6.89. The van der Waals surface area contributed by atoms with Gasteiger partial charge in [-0.15, -0.1) is 0 Å². The molecule has 110 valence electrons. The fourth-order valence-corrected chi connectivity index (χ4v) is 3.94. The van der Waals surface area contributed by atoms with Crippen molar-refractivity contribution in [3.8, 4) is 0 Å². The van der Waals surface area contributed by atoms with E-state index in [2.05, 4.69) is 4.72 Å². The number of non-ortho nitro benzene ring substituents is 1. The van der Waals surface area contributed by atoms with E-state index in [0.29, 0.717) is 5.56 Å². The molecule has 1 saturated carbocycles. The van der Waals surface area contributed by atoms with E-state index in [4.69, 9.17) is 0 Å². The maximum Gasteiger partial charge on any atom is 0.269 e. The van der Waals surface area contributed by atoms with Crippen LogP contribution in [0.25, 0.3) is 0 Å². The highest BCUT2D eigenvalue weighted by molar-refractivity contribution is 7.88. The number of rotatable bonds is 5. The van der Waals surface area contributed by atoms with Gasteiger partial charge in [0, 0.05) is 18.2 Å². The Morgan fingerprint density at radius 3 is 2.60 bits per heavy atom. The SMILES string of the molecule is O=[N+]([O-])c1cccc(CS(=O)(=O)NC2CCCCC2)c1. The van der Waals surface area contributed by atoms with Gasteiger partial charge in [0.25, 0.3) is 5.69 Å². The average molecular weight is 298 g/mol. The Kier molecular flexibility index (Phi) is 4.72. The lowest BCUT2D eigenvalue weighted by Crippen LogP contribution is -2.36. The number of benzene rings is 1. The predicted molar refractivity (Wildman–Crippen MR) is 75.7 cm³/mol. The second kappa shape index (κ2) is 6.32. The smallest absolute Gasteiger partial charge is 0.258 e. The first-order valence-electron chi connectivity index (χ1n) is 6.69. The summed E-state index contributed by atoms with van der Waals surface area (Å²) in [6.07, 6.45) is 4.99. The second-order valence-electron chi connectivity index (χ2n) is 5.14. The van der Waals surface area contributed by atoms with E-state index in [1.807, 2.05) is 0 Å². The molecule has 0 radical (unpaired) electrons. The standard InChI is InChI=1S/C13H18N2O4S/c16-15(17)13-8-4-5-11(9-13)10-20(18,19)14-12-6-2-1-3-7-12/h4-5,8-9,12,14H,1-3,6-7,10H2. The van der Waals surface area contributed by atoms with Crippen molar-refractivity contribution in [2.45, 2.75) is 43.9 Å². The lowest BCUT2D eigenvalue weighted by molar-refractivity contribution is -0.384. The zero-order chi connectivity index (χ0) is 14.6. The molecule has 1 N–H and O–H groups in total. The van der Waals surface area contributed by atoms with E-state index in [0.717, 1.165) is 32.1 Å². The summed E-state index contributed by atoms with van der Waals surface area (Å²) in [5.41, 5.74) is 0.345. The number of nitro groups is 1. The number of sulfonamides is 1. The van der Waals surface area contributed by atoms with Crippen molar-refractivity contribution in [1.82, 2.24) is 4.72 Å². The summed E-state index contributed by atoms with van der Waals surface area (Å²) in [5, 5.41) is 10.7. The summed E-state index contributed by atoms with van der Waals surface area (Å²) in [5.74, 6) is -0.217. The first kappa shape index (κ1) is 14.9. The van der Waals surface area contributed by atoms with Crippen LogP contribution in [-0.4, -0.2) is 19.4 Å². The van der Waals surface area contributed by atoms with E-state index < -0.39 is 14.9 Å². The van der Waals surface area contributed by atoms with Gasteiger partial charge in [-0.25, -0.2) is 13.1 Å². The zero-order valence-corrected chi connectivity index (χ0v) is 11.9. The highest BCUT2D eigenvalue weighted by Gasteiger charge is 2.21. The van der Waals surface area contributed by atoms with Crippen LogP contribution in [0, 0.1) is 10.1 Å². The van der Waals surface area contributed by atoms with Gasteiger partial charge < -0.3 is 0 Å². The molecule has 2 rings (SSSR count). The van der Waals surface area contributed by atoms with Crippen LogP contribution in [0.4, 0.5) is 5.69 Å². The first-order valence-corrected chi connectivity index (χ1v) is 8.35. The topological polar surface area (TPSA) is 89.3 Å². The molecule has 0 unspecified atom stereocenters. The minimum Gasteiger partial charge on any atom is -0.258 e. The van der Waals surface area contributed by atoms with Gasteiger partial charge in [0.15, 0.2) is 0 Å². The van der Waals surface area contributed by atoms with Gasteiger partial charge in [-0.3, -0.25) is 10.1 Å². The molecule has 20 heavy (non-hydrogen) atoms. The summed E-state index contributed by atoms with van der Waals surface area (Å²) in [7, 11) is -3.45. The van der Waals surface area contributed by atoms with Gasteiger partial charge in [-0.2, -0.15) is 0 Å². The molecule has 7 heteroatoms. The Bertz CT molecular complexity index is 580. The summed E-state index contributed by atoms with van der Waals surface area (Å²) >= 11 is 0. The molecule has 0 spiro atoms. The van der Waals surface area contributed by atoms with Crippen LogP contribution in [-0.2, 0) is 15.8 Å². The fraction of sp³-hybridized carbons (Fsp3) is 0.538. The third kappa shape index (κ3) is 4.28. The highest BCUT2D eigenvalue weighted by atomic mass is 32.2. The van der Waals surface area contributed by atoms with Crippen molar-refractivity contribution in [1.29, 1.82) is 0 Å². The first-order chi connectivity index (χ1) is 9.46. The van der Waals surface area contributed by atoms with Crippen LogP contribution >= 0.6 is 0 Å². The largest absolute Gasteiger partial charge is 0.269 e. The molecule has 6 nitrogen and oxygen atoms in total. The summed E-state index contributed by atoms with van der Waals surface area (Å²) in [6, 6.07) is 5.76. The third-order valence-electron chi connectivity index (χ3n) is 3.43. The molecule has 0 bridgehead atoms. The van der Waals surface area contributed by atoms with Crippen LogP contribution in [0.15, 0.2) is 24.3 Å². The quantitative estimate of drug-likeness (QED) is 0.667. The average Bonchev–Trinajstić information content (AvgIpc) is 2.39. The number of nitrogens with one attached hydrogen (secondary N) is 1. The van der Waals surface area contributed by atoms with E-state index in [1.54, 1.807) is 6.07 Å². The Balaban J connectivity index is 2.03. The van der Waals surface area contributed by atoms with E-state index in [9.17, 15) is 18.5 Å². The summed E-state index contributed by atoms with van der Waals surface area (Å²) in [4.78, 5) is 10.2. The molecule has 0 aliphatic heterocycles. The Hall–Kier alpha value is -1.47. The molecule has 0 saturated heterocycles. The molecule has 0 atom stereocenters. The van der Waals surface area contributed by atoms with Crippen molar-refractivity contribution in [3.05, 3.63) is 39.9 Å². The molecule has 1 aromatic rings. The van der Waals surface area contributed by atoms with E-state index >= 15 is 0 Å². The minimum absolute atomic E-state index is 0.00690. The molecule has 0 amide bonds. The highest BCUT2D eigenvalue weighted by Crippen LogP contribution is 2.19. The van der Waals surface area contributed by atoms with Crippen molar-refractivity contribution < 1.29 is 13.3 Å². The van der Waals surface area contributed by atoms with Gasteiger partial charge in [-0.1, -0.05) is 31.4 Å². The molecular weight excluding hydrogens is 280 g/mol. The molecule has 0 heterocycles. The van der Waals surface area contributed by atoms with Crippen LogP contribution in [0.1, 0.15) is 37.7 Å². The Labute approximate surface area is 118 Å². The lowest BCUT2D eigenvalue weighted by Gasteiger charge is -2.22. The van der Waals surface area contributed by atoms with Gasteiger partial charge >= 0.3 is 0 Å². The lowest BCUT2D eigenvalue weighted by atomic mass is 9.96. The Morgan fingerprint density at radius 1 is 1.25 bits per heavy atom. The zero-order valence-electron chi connectivity index (χ0n) is 11.1. The third-order valence-corrected chi connectivity index (χ3v) is 4.84. The van der Waals surface area contributed by atoms with Crippen molar-refractivity contribution in [2.75, 3.05) is 0 Å². The van der Waals surface area contributed by atoms with Crippen molar-refractivity contribution in [2.24, 2.45) is 0 Å². The van der Waals surface area contributed by atoms with Crippen molar-refractivity contribution >= 4 is 15.7 Å². The minimum atomic E-state index is -3.45. The predicted octanol–water partition coefficient (Wildman–Crippen LogP) is 2.35. The normalized spacial score (nSPS) is 17.0. The van der Waals surface area contributed by atoms with Crippen LogP contribution in [0.5, 0.6) is 0 Å². The van der Waals surface area contributed by atoms with E-state index in [1.165, 1.54) is 18.2 Å². The van der Waals surface area contributed by atoms with Crippen LogP contribution < -0.4 is 4.72 Å². The number of hydrogen-bond donors (Lipinski definition) is 1. The van der Waals surface area contributed by atoms with Crippen LogP contribution in [0.2, 0.25) is 0 Å². The number of hydrogen-bond acceptors (Lipinski definition) is 4. The van der Waals surface area contributed by atoms with Gasteiger partial charge in [0.1, 0.15) is 0 Å². The van der Waals surface area contributed by atoms with E-state index in [-0.39, 0.29) is 17.5 Å². The molecule has 1 aromatic carbocycles. The molecule has 1 aliphatic carbocycles. The maximum absolute atomic E-state index is 12.1. The molecule has 1 aliphatic rings. The fourth-order valence-electron chi connectivity index (χ4n) is 2.50. The van der Waals surface area contributed by atoms with Crippen molar-refractivity contribution in [3.63, 3.8) is 0 Å². The maximum atomic E-state index is 12.1. The summed E-state index contributed by atoms with van der Waals surface area (Å²) < 4.78 is 26.8. The van der Waals surface area contributed by atoms with Crippen LogP contribution in [0.3, 0.4) is 0 Å². The van der Waals surface area contributed by atoms with Gasteiger partial charge in [0.05, 0.1) is 10.7 Å². The summed E-state index contributed by atoms with van der Waals surface area (Å²) in [6.45, 7) is 0. The number of nitrogens with zero attached hydrogens (tertiary/aromatic N) is 1. The molecular formula is C13H18N2O4S.